The molecule has 0 aliphatic rings. The van der Waals surface area contributed by atoms with E-state index in [1.807, 2.05) is 0 Å². The van der Waals surface area contributed by atoms with Gasteiger partial charge in [-0.15, -0.1) is 0 Å². The van der Waals surface area contributed by atoms with Gasteiger partial charge in [-0.05, 0) is 42.5 Å². The summed E-state index contributed by atoms with van der Waals surface area (Å²) in [6, 6.07) is 10.7. The number of rotatable bonds is 5. The molecule has 0 fully saturated rings. The minimum atomic E-state index is -0.612. The number of carbonyl (C=O) groups is 2. The van der Waals surface area contributed by atoms with Crippen LogP contribution >= 0.6 is 15.9 Å². The summed E-state index contributed by atoms with van der Waals surface area (Å²) in [5.41, 5.74) is 0.772. The van der Waals surface area contributed by atoms with E-state index in [0.29, 0.717) is 11.3 Å². The number of amides is 2. The van der Waals surface area contributed by atoms with E-state index in [9.17, 15) is 14.0 Å². The maximum Gasteiger partial charge on any atom is 0.255 e. The van der Waals surface area contributed by atoms with Crippen LogP contribution in [0.25, 0.3) is 0 Å². The van der Waals surface area contributed by atoms with Crippen LogP contribution in [-0.2, 0) is 11.3 Å². The number of hydrogen-bond donors (Lipinski definition) is 2. The molecule has 0 aliphatic carbocycles. The van der Waals surface area contributed by atoms with Crippen molar-refractivity contribution in [2.75, 3.05) is 10.6 Å². The molecule has 2 amide bonds. The van der Waals surface area contributed by atoms with Crippen molar-refractivity contribution in [1.29, 1.82) is 0 Å². The van der Waals surface area contributed by atoms with Crippen LogP contribution in [0.1, 0.15) is 10.4 Å². The third kappa shape index (κ3) is 4.51. The first-order valence-corrected chi connectivity index (χ1v) is 8.29. The number of hydrogen-bond acceptors (Lipinski definition) is 4. The highest BCUT2D eigenvalue weighted by Gasteiger charge is 2.11. The fourth-order valence-corrected chi connectivity index (χ4v) is 2.42. The number of anilines is 2. The van der Waals surface area contributed by atoms with E-state index in [2.05, 4.69) is 36.6 Å². The third-order valence-corrected chi connectivity index (χ3v) is 3.91. The lowest BCUT2D eigenvalue weighted by molar-refractivity contribution is -0.116. The molecule has 9 heteroatoms. The predicted molar refractivity (Wildman–Crippen MR) is 97.1 cm³/mol. The molecule has 0 spiro atoms. The molecule has 1 heterocycles. The molecule has 1 aromatic heterocycles. The van der Waals surface area contributed by atoms with Crippen LogP contribution in [0.4, 0.5) is 15.8 Å². The van der Waals surface area contributed by atoms with Crippen molar-refractivity contribution in [3.05, 3.63) is 71.0 Å². The minimum Gasteiger partial charge on any atom is -0.322 e. The van der Waals surface area contributed by atoms with Gasteiger partial charge in [0.2, 0.25) is 5.91 Å². The molecule has 3 aromatic rings. The first-order chi connectivity index (χ1) is 12.5. The van der Waals surface area contributed by atoms with Crippen molar-refractivity contribution in [3.63, 3.8) is 0 Å². The molecule has 0 radical (unpaired) electrons. The molecule has 0 bridgehead atoms. The fourth-order valence-electron chi connectivity index (χ4n) is 2.15. The van der Waals surface area contributed by atoms with Crippen molar-refractivity contribution in [1.82, 2.24) is 14.8 Å². The summed E-state index contributed by atoms with van der Waals surface area (Å²) in [5, 5.41) is 8.92. The molecule has 0 saturated heterocycles. The van der Waals surface area contributed by atoms with E-state index in [4.69, 9.17) is 0 Å². The summed E-state index contributed by atoms with van der Waals surface area (Å²) in [6.07, 6.45) is 2.68. The number of halogens is 2. The minimum absolute atomic E-state index is 0.0382. The Morgan fingerprint density at radius 2 is 1.88 bits per heavy atom. The van der Waals surface area contributed by atoms with Crippen molar-refractivity contribution in [3.8, 4) is 0 Å². The van der Waals surface area contributed by atoms with Crippen molar-refractivity contribution >= 4 is 39.1 Å². The van der Waals surface area contributed by atoms with Crippen LogP contribution in [0.2, 0.25) is 0 Å². The van der Waals surface area contributed by atoms with Gasteiger partial charge in [-0.3, -0.25) is 9.59 Å². The average Bonchev–Trinajstić information content (AvgIpc) is 3.11. The van der Waals surface area contributed by atoms with E-state index in [1.165, 1.54) is 35.5 Å². The Kier molecular flexibility index (Phi) is 5.37. The molecule has 0 unspecified atom stereocenters. The van der Waals surface area contributed by atoms with E-state index in [0.717, 1.165) is 4.47 Å². The first kappa shape index (κ1) is 17.7. The van der Waals surface area contributed by atoms with Crippen molar-refractivity contribution < 1.29 is 14.0 Å². The summed E-state index contributed by atoms with van der Waals surface area (Å²) < 4.78 is 16.1. The van der Waals surface area contributed by atoms with E-state index in [1.54, 1.807) is 24.3 Å². The second kappa shape index (κ2) is 7.87. The smallest absolute Gasteiger partial charge is 0.255 e. The third-order valence-electron chi connectivity index (χ3n) is 3.38. The summed E-state index contributed by atoms with van der Waals surface area (Å²) >= 11 is 3.30. The Bertz CT molecular complexity index is 929. The molecular formula is C17H13BrFN5O2. The number of nitrogens with one attached hydrogen (secondary N) is 2. The molecule has 0 saturated carbocycles. The second-order valence-electron chi connectivity index (χ2n) is 5.30. The topological polar surface area (TPSA) is 88.9 Å². The van der Waals surface area contributed by atoms with Gasteiger partial charge in [-0.25, -0.2) is 14.1 Å². The van der Waals surface area contributed by atoms with Gasteiger partial charge < -0.3 is 10.6 Å². The molecular weight excluding hydrogens is 405 g/mol. The summed E-state index contributed by atoms with van der Waals surface area (Å²) in [6.45, 7) is -0.102. The van der Waals surface area contributed by atoms with Gasteiger partial charge in [0.25, 0.3) is 5.91 Å². The number of carbonyl (C=O) groups excluding carboxylic acids is 2. The van der Waals surface area contributed by atoms with Crippen LogP contribution in [-0.4, -0.2) is 26.6 Å². The standard InChI is InChI=1S/C17H13BrFN5O2/c18-12-3-1-11(2-4-12)17(26)22-13-5-6-14(19)15(7-13)23-16(25)8-24-10-20-9-21-24/h1-7,9-10H,8H2,(H,22,26)(H,23,25). The maximum absolute atomic E-state index is 13.9. The Balaban J connectivity index is 1.69. The van der Waals surface area contributed by atoms with E-state index in [-0.39, 0.29) is 18.1 Å². The molecule has 26 heavy (non-hydrogen) atoms. The quantitative estimate of drug-likeness (QED) is 0.667. The molecule has 7 nitrogen and oxygen atoms in total. The molecule has 3 rings (SSSR count). The van der Waals surface area contributed by atoms with Crippen molar-refractivity contribution in [2.45, 2.75) is 6.54 Å². The Morgan fingerprint density at radius 1 is 1.12 bits per heavy atom. The van der Waals surface area contributed by atoms with E-state index >= 15 is 0 Å². The molecule has 2 aromatic carbocycles. The Hall–Kier alpha value is -3.07. The van der Waals surface area contributed by atoms with Gasteiger partial charge in [0, 0.05) is 15.7 Å². The summed E-state index contributed by atoms with van der Waals surface area (Å²) in [4.78, 5) is 27.9. The van der Waals surface area contributed by atoms with Crippen LogP contribution in [0.3, 0.4) is 0 Å². The van der Waals surface area contributed by atoms with Crippen LogP contribution in [0, 0.1) is 5.82 Å². The largest absolute Gasteiger partial charge is 0.322 e. The monoisotopic (exact) mass is 417 g/mol. The molecule has 0 aliphatic heterocycles. The zero-order valence-corrected chi connectivity index (χ0v) is 14.9. The zero-order valence-electron chi connectivity index (χ0n) is 13.3. The van der Waals surface area contributed by atoms with Crippen LogP contribution in [0.15, 0.2) is 59.6 Å². The molecule has 2 N–H and O–H groups in total. The fraction of sp³-hybridized carbons (Fsp3) is 0.0588. The first-order valence-electron chi connectivity index (χ1n) is 7.50. The number of benzene rings is 2. The van der Waals surface area contributed by atoms with Gasteiger partial charge in [-0.1, -0.05) is 15.9 Å². The van der Waals surface area contributed by atoms with Gasteiger partial charge in [0.1, 0.15) is 25.0 Å². The van der Waals surface area contributed by atoms with Gasteiger partial charge in [-0.2, -0.15) is 5.10 Å². The van der Waals surface area contributed by atoms with Crippen LogP contribution in [0.5, 0.6) is 0 Å². The molecule has 132 valence electrons. The zero-order chi connectivity index (χ0) is 18.5. The number of nitrogens with zero attached hydrogens (tertiary/aromatic N) is 3. The highest BCUT2D eigenvalue weighted by molar-refractivity contribution is 9.10. The predicted octanol–water partition coefficient (Wildman–Crippen LogP) is 3.07. The number of aromatic nitrogens is 3. The Labute approximate surface area is 156 Å². The van der Waals surface area contributed by atoms with Gasteiger partial charge in [0.15, 0.2) is 0 Å². The highest BCUT2D eigenvalue weighted by atomic mass is 79.9. The van der Waals surface area contributed by atoms with Gasteiger partial charge >= 0.3 is 0 Å². The van der Waals surface area contributed by atoms with E-state index < -0.39 is 11.7 Å². The second-order valence-corrected chi connectivity index (χ2v) is 6.21. The van der Waals surface area contributed by atoms with Crippen LogP contribution < -0.4 is 10.6 Å². The van der Waals surface area contributed by atoms with Crippen molar-refractivity contribution in [2.24, 2.45) is 0 Å². The lowest BCUT2D eigenvalue weighted by atomic mass is 10.2. The molecule has 0 atom stereocenters. The normalized spacial score (nSPS) is 10.4. The summed E-state index contributed by atoms with van der Waals surface area (Å²) in [7, 11) is 0. The van der Waals surface area contributed by atoms with Gasteiger partial charge in [0.05, 0.1) is 5.69 Å². The SMILES string of the molecule is O=C(Cn1cncn1)Nc1cc(NC(=O)c2ccc(Br)cc2)ccc1F. The highest BCUT2D eigenvalue weighted by Crippen LogP contribution is 2.21. The lowest BCUT2D eigenvalue weighted by Crippen LogP contribution is -2.20. The Morgan fingerprint density at radius 3 is 2.58 bits per heavy atom. The maximum atomic E-state index is 13.9. The summed E-state index contributed by atoms with van der Waals surface area (Å²) in [5.74, 6) is -1.42. The lowest BCUT2D eigenvalue weighted by Gasteiger charge is -2.10. The average molecular weight is 418 g/mol.